The number of hydrogen-bond donors (Lipinski definition) is 1. The summed E-state index contributed by atoms with van der Waals surface area (Å²) in [6, 6.07) is 12.4. The number of aryl methyl sites for hydroxylation is 2. The summed E-state index contributed by atoms with van der Waals surface area (Å²) < 4.78 is 5.43. The van der Waals surface area contributed by atoms with Crippen LogP contribution in [0, 0.1) is 13.8 Å². The molecule has 1 N–H and O–H groups in total. The molecule has 0 aliphatic carbocycles. The number of benzene rings is 2. The van der Waals surface area contributed by atoms with Gasteiger partial charge < -0.3 is 10.1 Å². The van der Waals surface area contributed by atoms with Gasteiger partial charge in [0, 0.05) is 5.02 Å². The molecule has 0 fully saturated rings. The summed E-state index contributed by atoms with van der Waals surface area (Å²) in [4.78, 5) is 0. The second-order valence-corrected chi connectivity index (χ2v) is 5.40. The van der Waals surface area contributed by atoms with E-state index in [1.54, 1.807) is 7.11 Å². The molecule has 0 spiro atoms. The third-order valence-electron chi connectivity index (χ3n) is 3.49. The third-order valence-corrected chi connectivity index (χ3v) is 3.73. The van der Waals surface area contributed by atoms with E-state index in [2.05, 4.69) is 37.4 Å². The zero-order valence-electron chi connectivity index (χ0n) is 12.3. The highest BCUT2D eigenvalue weighted by Gasteiger charge is 2.15. The van der Waals surface area contributed by atoms with Crippen molar-refractivity contribution in [1.29, 1.82) is 0 Å². The number of methoxy groups -OCH3 is 1. The number of rotatable bonds is 4. The first kappa shape index (κ1) is 14.9. The minimum absolute atomic E-state index is 0.122. The van der Waals surface area contributed by atoms with Crippen LogP contribution in [0.25, 0.3) is 0 Å². The van der Waals surface area contributed by atoms with Gasteiger partial charge in [0.2, 0.25) is 0 Å². The van der Waals surface area contributed by atoms with Crippen molar-refractivity contribution in [2.75, 3.05) is 14.2 Å². The van der Waals surface area contributed by atoms with E-state index in [0.29, 0.717) is 0 Å². The highest BCUT2D eigenvalue weighted by molar-refractivity contribution is 6.30. The summed E-state index contributed by atoms with van der Waals surface area (Å²) in [7, 11) is 3.67. The second kappa shape index (κ2) is 6.29. The molecule has 3 heteroatoms. The molecule has 0 heterocycles. The summed E-state index contributed by atoms with van der Waals surface area (Å²) in [5, 5.41) is 4.11. The number of halogens is 1. The molecule has 0 aliphatic rings. The van der Waals surface area contributed by atoms with Crippen LogP contribution in [-0.4, -0.2) is 14.2 Å². The molecule has 2 aromatic carbocycles. The van der Waals surface area contributed by atoms with Crippen LogP contribution in [0.1, 0.15) is 28.3 Å². The standard InChI is InChI=1S/C17H20ClNO/c1-11-8-14(9-12(2)17(11)20-4)16(19-3)13-6-5-7-15(18)10-13/h5-10,16,19H,1-4H3. The first-order chi connectivity index (χ1) is 9.56. The molecule has 0 amide bonds. The molecule has 1 unspecified atom stereocenters. The molecule has 1 atom stereocenters. The summed E-state index contributed by atoms with van der Waals surface area (Å²) in [6.07, 6.45) is 0. The average molecular weight is 290 g/mol. The van der Waals surface area contributed by atoms with Gasteiger partial charge in [-0.1, -0.05) is 35.9 Å². The van der Waals surface area contributed by atoms with E-state index < -0.39 is 0 Å². The van der Waals surface area contributed by atoms with Crippen molar-refractivity contribution in [2.45, 2.75) is 19.9 Å². The van der Waals surface area contributed by atoms with E-state index in [1.807, 2.05) is 25.2 Å². The van der Waals surface area contributed by atoms with Crippen LogP contribution in [-0.2, 0) is 0 Å². The summed E-state index contributed by atoms with van der Waals surface area (Å²) in [6.45, 7) is 4.14. The van der Waals surface area contributed by atoms with Crippen molar-refractivity contribution in [1.82, 2.24) is 5.32 Å². The smallest absolute Gasteiger partial charge is 0.124 e. The van der Waals surface area contributed by atoms with Crippen LogP contribution < -0.4 is 10.1 Å². The van der Waals surface area contributed by atoms with Gasteiger partial charge in [-0.3, -0.25) is 0 Å². The van der Waals surface area contributed by atoms with E-state index in [1.165, 1.54) is 5.56 Å². The molecule has 106 valence electrons. The molecule has 0 aliphatic heterocycles. The number of ether oxygens (including phenoxy) is 1. The maximum absolute atomic E-state index is 6.10. The van der Waals surface area contributed by atoms with Crippen molar-refractivity contribution in [2.24, 2.45) is 0 Å². The Hall–Kier alpha value is -1.51. The molecule has 0 aromatic heterocycles. The van der Waals surface area contributed by atoms with Crippen molar-refractivity contribution >= 4 is 11.6 Å². The maximum atomic E-state index is 6.10. The Bertz CT molecular complexity index is 587. The molecule has 2 aromatic rings. The van der Waals surface area contributed by atoms with Crippen molar-refractivity contribution in [3.63, 3.8) is 0 Å². The van der Waals surface area contributed by atoms with Crippen LogP contribution in [0.3, 0.4) is 0 Å². The molecule has 0 saturated carbocycles. The first-order valence-electron chi connectivity index (χ1n) is 6.64. The lowest BCUT2D eigenvalue weighted by molar-refractivity contribution is 0.408. The van der Waals surface area contributed by atoms with Crippen LogP contribution >= 0.6 is 11.6 Å². The van der Waals surface area contributed by atoms with Gasteiger partial charge in [-0.15, -0.1) is 0 Å². The van der Waals surface area contributed by atoms with Crippen molar-refractivity contribution < 1.29 is 4.74 Å². The Morgan fingerprint density at radius 2 is 1.70 bits per heavy atom. The van der Waals surface area contributed by atoms with E-state index in [4.69, 9.17) is 16.3 Å². The Morgan fingerprint density at radius 3 is 2.20 bits per heavy atom. The quantitative estimate of drug-likeness (QED) is 0.907. The van der Waals surface area contributed by atoms with E-state index in [-0.39, 0.29) is 6.04 Å². The number of hydrogen-bond acceptors (Lipinski definition) is 2. The van der Waals surface area contributed by atoms with Crippen molar-refractivity contribution in [3.05, 3.63) is 63.7 Å². The minimum atomic E-state index is 0.122. The van der Waals surface area contributed by atoms with Crippen LogP contribution in [0.15, 0.2) is 36.4 Å². The van der Waals surface area contributed by atoms with E-state index in [0.717, 1.165) is 27.5 Å². The molecular weight excluding hydrogens is 270 g/mol. The minimum Gasteiger partial charge on any atom is -0.496 e. The zero-order valence-corrected chi connectivity index (χ0v) is 13.1. The van der Waals surface area contributed by atoms with Gasteiger partial charge in [-0.25, -0.2) is 0 Å². The van der Waals surface area contributed by atoms with Crippen LogP contribution in [0.4, 0.5) is 0 Å². The lowest BCUT2D eigenvalue weighted by Gasteiger charge is -2.20. The highest BCUT2D eigenvalue weighted by atomic mass is 35.5. The Balaban J connectivity index is 2.47. The summed E-state index contributed by atoms with van der Waals surface area (Å²) in [5.74, 6) is 0.953. The lowest BCUT2D eigenvalue weighted by Crippen LogP contribution is -2.18. The molecule has 0 saturated heterocycles. The van der Waals surface area contributed by atoms with Crippen LogP contribution in [0.2, 0.25) is 5.02 Å². The van der Waals surface area contributed by atoms with Crippen LogP contribution in [0.5, 0.6) is 5.75 Å². The van der Waals surface area contributed by atoms with Crippen molar-refractivity contribution in [3.8, 4) is 5.75 Å². The zero-order chi connectivity index (χ0) is 14.7. The molecule has 0 radical (unpaired) electrons. The lowest BCUT2D eigenvalue weighted by atomic mass is 9.95. The first-order valence-corrected chi connectivity index (χ1v) is 7.02. The van der Waals surface area contributed by atoms with E-state index in [9.17, 15) is 0 Å². The summed E-state index contributed by atoms with van der Waals surface area (Å²) >= 11 is 6.10. The monoisotopic (exact) mass is 289 g/mol. The SMILES string of the molecule is CNC(c1cccc(Cl)c1)c1cc(C)c(OC)c(C)c1. The maximum Gasteiger partial charge on any atom is 0.124 e. The van der Waals surface area contributed by atoms with E-state index >= 15 is 0 Å². The molecule has 20 heavy (non-hydrogen) atoms. The van der Waals surface area contributed by atoms with Gasteiger partial charge in [0.25, 0.3) is 0 Å². The van der Waals surface area contributed by atoms with Gasteiger partial charge in [0.05, 0.1) is 13.2 Å². The number of nitrogens with one attached hydrogen (secondary N) is 1. The third kappa shape index (κ3) is 2.97. The highest BCUT2D eigenvalue weighted by Crippen LogP contribution is 2.30. The fourth-order valence-corrected chi connectivity index (χ4v) is 2.88. The second-order valence-electron chi connectivity index (χ2n) is 4.96. The predicted molar refractivity (Wildman–Crippen MR) is 84.8 cm³/mol. The normalized spacial score (nSPS) is 12.2. The predicted octanol–water partition coefficient (Wildman–Crippen LogP) is 4.27. The Labute approximate surface area is 125 Å². The van der Waals surface area contributed by atoms with Gasteiger partial charge in [-0.05, 0) is 55.3 Å². The molecule has 2 nitrogen and oxygen atoms in total. The fraction of sp³-hybridized carbons (Fsp3) is 0.294. The molecule has 0 bridgehead atoms. The molecule has 2 rings (SSSR count). The van der Waals surface area contributed by atoms with Gasteiger partial charge in [0.1, 0.15) is 5.75 Å². The molecular formula is C17H20ClNO. The van der Waals surface area contributed by atoms with Gasteiger partial charge in [-0.2, -0.15) is 0 Å². The summed E-state index contributed by atoms with van der Waals surface area (Å²) in [5.41, 5.74) is 4.66. The topological polar surface area (TPSA) is 21.3 Å². The average Bonchev–Trinajstić information content (AvgIpc) is 2.39. The van der Waals surface area contributed by atoms with Gasteiger partial charge >= 0.3 is 0 Å². The Morgan fingerprint density at radius 1 is 1.05 bits per heavy atom. The largest absolute Gasteiger partial charge is 0.496 e. The van der Waals surface area contributed by atoms with Gasteiger partial charge in [0.15, 0.2) is 0 Å². The Kier molecular flexibility index (Phi) is 4.69. The fourth-order valence-electron chi connectivity index (χ4n) is 2.68.